The minimum atomic E-state index is 0.312. The summed E-state index contributed by atoms with van der Waals surface area (Å²) in [5, 5.41) is 5.33. The Hall–Kier alpha value is -1.26. The third-order valence-electron chi connectivity index (χ3n) is 2.54. The zero-order valence-corrected chi connectivity index (χ0v) is 10.2. The molecule has 0 spiro atoms. The van der Waals surface area contributed by atoms with Gasteiger partial charge in [0, 0.05) is 16.3 Å². The average molecular weight is 237 g/mol. The molecule has 1 N–H and O–H groups in total. The number of furan rings is 1. The first-order chi connectivity index (χ1) is 7.83. The summed E-state index contributed by atoms with van der Waals surface area (Å²) < 4.78 is 10.3. The van der Waals surface area contributed by atoms with Crippen molar-refractivity contribution in [2.75, 3.05) is 14.2 Å². The quantitative estimate of drug-likeness (QED) is 0.868. The molecule has 16 heavy (non-hydrogen) atoms. The molecule has 0 aliphatic carbocycles. The van der Waals surface area contributed by atoms with Crippen molar-refractivity contribution in [1.29, 1.82) is 0 Å². The molecule has 2 aromatic rings. The summed E-state index contributed by atoms with van der Waals surface area (Å²) in [6, 6.07) is 4.38. The fraction of sp³-hybridized carbons (Fsp3) is 0.333. The van der Waals surface area contributed by atoms with E-state index in [1.54, 1.807) is 31.0 Å². The summed E-state index contributed by atoms with van der Waals surface area (Å²) in [5.41, 5.74) is 1.20. The topological polar surface area (TPSA) is 34.4 Å². The highest BCUT2D eigenvalue weighted by Crippen LogP contribution is 2.28. The lowest BCUT2D eigenvalue weighted by Crippen LogP contribution is -2.17. The zero-order chi connectivity index (χ0) is 11.4. The molecule has 1 atom stereocenters. The van der Waals surface area contributed by atoms with Crippen LogP contribution in [0.15, 0.2) is 34.5 Å². The predicted octanol–water partition coefficient (Wildman–Crippen LogP) is 2.85. The molecule has 2 aromatic heterocycles. The fourth-order valence-corrected chi connectivity index (χ4v) is 2.58. The van der Waals surface area contributed by atoms with E-state index in [0.29, 0.717) is 6.04 Å². The van der Waals surface area contributed by atoms with Crippen molar-refractivity contribution in [3.8, 4) is 5.75 Å². The Kier molecular flexibility index (Phi) is 3.64. The molecule has 3 nitrogen and oxygen atoms in total. The number of ether oxygens (including phenoxy) is 1. The second-order valence-corrected chi connectivity index (χ2v) is 4.51. The van der Waals surface area contributed by atoms with E-state index in [1.807, 2.05) is 18.5 Å². The molecule has 1 unspecified atom stereocenters. The second-order valence-electron chi connectivity index (χ2n) is 3.57. The van der Waals surface area contributed by atoms with Crippen LogP contribution in [0, 0.1) is 0 Å². The third kappa shape index (κ3) is 2.46. The lowest BCUT2D eigenvalue weighted by molar-refractivity contribution is 0.416. The molecule has 86 valence electrons. The van der Waals surface area contributed by atoms with Gasteiger partial charge in [0.1, 0.15) is 5.75 Å². The third-order valence-corrected chi connectivity index (χ3v) is 3.57. The number of nitrogens with one attached hydrogen (secondary N) is 1. The van der Waals surface area contributed by atoms with Crippen LogP contribution in [0.3, 0.4) is 0 Å². The van der Waals surface area contributed by atoms with Crippen LogP contribution in [0.5, 0.6) is 5.75 Å². The Bertz CT molecular complexity index is 422. The van der Waals surface area contributed by atoms with Gasteiger partial charge in [0.25, 0.3) is 0 Å². The average Bonchev–Trinajstić information content (AvgIpc) is 2.96. The van der Waals surface area contributed by atoms with Crippen LogP contribution in [0.25, 0.3) is 0 Å². The number of rotatable bonds is 5. The second kappa shape index (κ2) is 5.18. The van der Waals surface area contributed by atoms with E-state index in [2.05, 4.69) is 11.4 Å². The summed E-state index contributed by atoms with van der Waals surface area (Å²) in [6.45, 7) is 0. The van der Waals surface area contributed by atoms with Gasteiger partial charge in [-0.25, -0.2) is 0 Å². The Morgan fingerprint density at radius 3 is 3.00 bits per heavy atom. The maximum absolute atomic E-state index is 5.19. The van der Waals surface area contributed by atoms with Crippen LogP contribution in [0.4, 0.5) is 0 Å². The van der Waals surface area contributed by atoms with Crippen molar-refractivity contribution >= 4 is 11.3 Å². The van der Waals surface area contributed by atoms with Gasteiger partial charge < -0.3 is 14.5 Å². The molecule has 0 fully saturated rings. The van der Waals surface area contributed by atoms with E-state index < -0.39 is 0 Å². The summed E-state index contributed by atoms with van der Waals surface area (Å²) in [7, 11) is 3.66. The van der Waals surface area contributed by atoms with Crippen molar-refractivity contribution in [2.45, 2.75) is 12.5 Å². The molecular formula is C12H15NO2S. The van der Waals surface area contributed by atoms with Gasteiger partial charge in [0.15, 0.2) is 0 Å². The van der Waals surface area contributed by atoms with Gasteiger partial charge >= 0.3 is 0 Å². The minimum absolute atomic E-state index is 0.312. The highest BCUT2D eigenvalue weighted by Gasteiger charge is 2.13. The molecule has 2 rings (SSSR count). The van der Waals surface area contributed by atoms with E-state index in [-0.39, 0.29) is 0 Å². The molecule has 0 amide bonds. The van der Waals surface area contributed by atoms with Crippen molar-refractivity contribution in [1.82, 2.24) is 5.32 Å². The first-order valence-electron chi connectivity index (χ1n) is 5.14. The monoisotopic (exact) mass is 237 g/mol. The predicted molar refractivity (Wildman–Crippen MR) is 65.1 cm³/mol. The van der Waals surface area contributed by atoms with Crippen LogP contribution >= 0.6 is 11.3 Å². The molecule has 4 heteroatoms. The molecular weight excluding hydrogens is 222 g/mol. The summed E-state index contributed by atoms with van der Waals surface area (Å²) in [5.74, 6) is 0.924. The Morgan fingerprint density at radius 2 is 2.44 bits per heavy atom. The standard InChI is InChI=1S/C12H15NO2S/c1-13-11(5-9-3-4-15-7-9)12-6-10(14-2)8-16-12/h3-4,6-8,11,13H,5H2,1-2H3. The highest BCUT2D eigenvalue weighted by atomic mass is 32.1. The van der Waals surface area contributed by atoms with Crippen LogP contribution in [-0.4, -0.2) is 14.2 Å². The first-order valence-corrected chi connectivity index (χ1v) is 6.02. The summed E-state index contributed by atoms with van der Waals surface area (Å²) in [4.78, 5) is 1.28. The number of thiophene rings is 1. The normalized spacial score (nSPS) is 12.6. The van der Waals surface area contributed by atoms with E-state index in [4.69, 9.17) is 9.15 Å². The molecule has 0 bridgehead atoms. The van der Waals surface area contributed by atoms with Crippen LogP contribution in [0.2, 0.25) is 0 Å². The molecule has 0 aliphatic heterocycles. The van der Waals surface area contributed by atoms with Crippen LogP contribution in [0.1, 0.15) is 16.5 Å². The molecule has 0 aromatic carbocycles. The highest BCUT2D eigenvalue weighted by molar-refractivity contribution is 7.10. The van der Waals surface area contributed by atoms with Crippen molar-refractivity contribution in [2.24, 2.45) is 0 Å². The van der Waals surface area contributed by atoms with Gasteiger partial charge in [0.2, 0.25) is 0 Å². The number of likely N-dealkylation sites (N-methyl/N-ethyl adjacent to an activating group) is 1. The van der Waals surface area contributed by atoms with Gasteiger partial charge in [-0.3, -0.25) is 0 Å². The fourth-order valence-electron chi connectivity index (χ4n) is 1.61. The lowest BCUT2D eigenvalue weighted by Gasteiger charge is -2.12. The maximum atomic E-state index is 5.19. The SMILES string of the molecule is CNC(Cc1ccoc1)c1cc(OC)cs1. The Morgan fingerprint density at radius 1 is 1.56 bits per heavy atom. The van der Waals surface area contributed by atoms with Gasteiger partial charge in [-0.15, -0.1) is 11.3 Å². The van der Waals surface area contributed by atoms with Crippen molar-refractivity contribution in [3.63, 3.8) is 0 Å². The van der Waals surface area contributed by atoms with Gasteiger partial charge in [-0.05, 0) is 31.2 Å². The van der Waals surface area contributed by atoms with E-state index >= 15 is 0 Å². The zero-order valence-electron chi connectivity index (χ0n) is 9.40. The van der Waals surface area contributed by atoms with Crippen molar-refractivity contribution < 1.29 is 9.15 Å². The van der Waals surface area contributed by atoms with Crippen molar-refractivity contribution in [3.05, 3.63) is 40.5 Å². The first kappa shape index (κ1) is 11.2. The number of methoxy groups -OCH3 is 1. The summed E-state index contributed by atoms with van der Waals surface area (Å²) >= 11 is 1.71. The number of hydrogen-bond donors (Lipinski definition) is 1. The van der Waals surface area contributed by atoms with E-state index in [9.17, 15) is 0 Å². The Balaban J connectivity index is 2.10. The molecule has 0 saturated heterocycles. The molecule has 0 saturated carbocycles. The molecule has 0 radical (unpaired) electrons. The Labute approximate surface area is 99.0 Å². The van der Waals surface area contributed by atoms with E-state index in [1.165, 1.54) is 10.4 Å². The van der Waals surface area contributed by atoms with E-state index in [0.717, 1.165) is 12.2 Å². The summed E-state index contributed by atoms with van der Waals surface area (Å²) in [6.07, 6.45) is 4.42. The molecule has 0 aliphatic rings. The molecule has 2 heterocycles. The van der Waals surface area contributed by atoms with Gasteiger partial charge in [-0.2, -0.15) is 0 Å². The van der Waals surface area contributed by atoms with Crippen LogP contribution in [-0.2, 0) is 6.42 Å². The van der Waals surface area contributed by atoms with Gasteiger partial charge in [-0.1, -0.05) is 0 Å². The largest absolute Gasteiger partial charge is 0.496 e. The van der Waals surface area contributed by atoms with Gasteiger partial charge in [0.05, 0.1) is 19.6 Å². The maximum Gasteiger partial charge on any atom is 0.129 e. The van der Waals surface area contributed by atoms with Crippen LogP contribution < -0.4 is 10.1 Å². The minimum Gasteiger partial charge on any atom is -0.496 e. The number of hydrogen-bond acceptors (Lipinski definition) is 4. The lowest BCUT2D eigenvalue weighted by atomic mass is 10.1. The smallest absolute Gasteiger partial charge is 0.129 e.